The molecule has 0 saturated carbocycles. The van der Waals surface area contributed by atoms with Gasteiger partial charge in [0.2, 0.25) is 0 Å². The molecule has 2 aromatic rings. The molecule has 0 bridgehead atoms. The summed E-state index contributed by atoms with van der Waals surface area (Å²) >= 11 is 0. The summed E-state index contributed by atoms with van der Waals surface area (Å²) in [5, 5.41) is 11.2. The molecule has 3 rings (SSSR count). The number of aromatic nitrogens is 3. The molecular weight excluding hydrogens is 352 g/mol. The molecule has 1 aromatic carbocycles. The van der Waals surface area contributed by atoms with Crippen LogP contribution in [0.3, 0.4) is 0 Å². The summed E-state index contributed by atoms with van der Waals surface area (Å²) in [5.74, 6) is 3.46. The van der Waals surface area contributed by atoms with Gasteiger partial charge in [0.15, 0.2) is 5.96 Å². The summed E-state index contributed by atoms with van der Waals surface area (Å²) in [6.45, 7) is 10.7. The van der Waals surface area contributed by atoms with Gasteiger partial charge >= 0.3 is 0 Å². The average molecular weight is 385 g/mol. The number of aliphatic imine (C=N–C) groups is 1. The molecule has 0 fully saturated rings. The Morgan fingerprint density at radius 3 is 2.93 bits per heavy atom. The first-order valence-corrected chi connectivity index (χ1v) is 9.98. The summed E-state index contributed by atoms with van der Waals surface area (Å²) in [7, 11) is 1.78. The van der Waals surface area contributed by atoms with Crippen LogP contribution in [0.5, 0.6) is 5.75 Å². The third-order valence-electron chi connectivity index (χ3n) is 4.88. The highest BCUT2D eigenvalue weighted by Crippen LogP contribution is 2.25. The molecule has 1 atom stereocenters. The highest BCUT2D eigenvalue weighted by molar-refractivity contribution is 5.80. The first kappa shape index (κ1) is 20.2. The number of rotatable bonds is 5. The lowest BCUT2D eigenvalue weighted by Gasteiger charge is -2.25. The third kappa shape index (κ3) is 5.03. The topological polar surface area (TPSA) is 76.4 Å². The summed E-state index contributed by atoms with van der Waals surface area (Å²) in [5.41, 5.74) is 1.38. The molecule has 2 N–H and O–H groups in total. The minimum atomic E-state index is 0.114. The molecule has 0 radical (unpaired) electrons. The van der Waals surface area contributed by atoms with Gasteiger partial charge in [0.1, 0.15) is 24.0 Å². The highest BCUT2D eigenvalue weighted by atomic mass is 16.5. The number of guanidine groups is 1. The predicted octanol–water partition coefficient (Wildman–Crippen LogP) is 2.96. The lowest BCUT2D eigenvalue weighted by atomic mass is 9.87. The number of fused-ring (bicyclic) bond motifs is 1. The van der Waals surface area contributed by atoms with Gasteiger partial charge in [0.25, 0.3) is 0 Å². The van der Waals surface area contributed by atoms with Gasteiger partial charge in [0, 0.05) is 13.6 Å². The van der Waals surface area contributed by atoms with E-state index in [9.17, 15) is 0 Å². The molecule has 2 heterocycles. The monoisotopic (exact) mass is 384 g/mol. The normalized spacial score (nSPS) is 17.2. The smallest absolute Gasteiger partial charge is 0.191 e. The van der Waals surface area contributed by atoms with Crippen LogP contribution >= 0.6 is 0 Å². The Morgan fingerprint density at radius 2 is 2.18 bits per heavy atom. The lowest BCUT2D eigenvalue weighted by molar-refractivity contribution is 0.320. The maximum absolute atomic E-state index is 5.91. The van der Waals surface area contributed by atoms with Gasteiger partial charge in [-0.25, -0.2) is 9.67 Å². The number of hydrogen-bond donors (Lipinski definition) is 2. The van der Waals surface area contributed by atoms with Gasteiger partial charge in [0.05, 0.1) is 12.6 Å². The Kier molecular flexibility index (Phi) is 6.21. The van der Waals surface area contributed by atoms with Crippen molar-refractivity contribution in [3.05, 3.63) is 41.5 Å². The van der Waals surface area contributed by atoms with Crippen LogP contribution in [0.1, 0.15) is 56.9 Å². The molecule has 7 nitrogen and oxygen atoms in total. The first-order chi connectivity index (χ1) is 13.4. The van der Waals surface area contributed by atoms with Crippen molar-refractivity contribution in [2.24, 2.45) is 4.99 Å². The van der Waals surface area contributed by atoms with Crippen LogP contribution in [0.2, 0.25) is 0 Å². The second-order valence-corrected chi connectivity index (χ2v) is 8.20. The Labute approximate surface area is 167 Å². The minimum Gasteiger partial charge on any atom is -0.492 e. The molecule has 0 amide bonds. The fourth-order valence-corrected chi connectivity index (χ4v) is 3.36. The van der Waals surface area contributed by atoms with Crippen LogP contribution in [0.4, 0.5) is 0 Å². The lowest BCUT2D eigenvalue weighted by Crippen LogP contribution is -2.42. The SMILES string of the molecule is CN=C(NCCOc1cccc(C(C)(C)C)c1)NC1CCCn2nc(C)nc21. The molecule has 0 spiro atoms. The Bertz CT molecular complexity index is 821. The summed E-state index contributed by atoms with van der Waals surface area (Å²) < 4.78 is 7.91. The van der Waals surface area contributed by atoms with Gasteiger partial charge in [-0.3, -0.25) is 4.99 Å². The second-order valence-electron chi connectivity index (χ2n) is 8.20. The fraction of sp³-hybridized carbons (Fsp3) is 0.571. The standard InChI is InChI=1S/C21H32N6O/c1-15-24-19-18(10-7-12-27(19)26-15)25-20(22-5)23-11-13-28-17-9-6-8-16(14-17)21(2,3)4/h6,8-9,14,18H,7,10-13H2,1-5H3,(H2,22,23,25). The molecule has 1 unspecified atom stereocenters. The molecule has 1 aliphatic rings. The number of ether oxygens (including phenoxy) is 1. The Morgan fingerprint density at radius 1 is 1.36 bits per heavy atom. The number of hydrogen-bond acceptors (Lipinski definition) is 4. The molecule has 0 aliphatic carbocycles. The van der Waals surface area contributed by atoms with E-state index in [-0.39, 0.29) is 11.5 Å². The quantitative estimate of drug-likeness (QED) is 0.471. The van der Waals surface area contributed by atoms with E-state index < -0.39 is 0 Å². The van der Waals surface area contributed by atoms with Crippen LogP contribution in [0.15, 0.2) is 29.3 Å². The van der Waals surface area contributed by atoms with E-state index >= 15 is 0 Å². The van der Waals surface area contributed by atoms with Crippen molar-refractivity contribution in [2.75, 3.05) is 20.2 Å². The molecule has 152 valence electrons. The molecular formula is C21H32N6O. The van der Waals surface area contributed by atoms with Crippen molar-refractivity contribution in [1.82, 2.24) is 25.4 Å². The largest absolute Gasteiger partial charge is 0.492 e. The molecule has 28 heavy (non-hydrogen) atoms. The van der Waals surface area contributed by atoms with Gasteiger partial charge in [-0.15, -0.1) is 0 Å². The average Bonchev–Trinajstić information content (AvgIpc) is 3.05. The van der Waals surface area contributed by atoms with Gasteiger partial charge in [-0.2, -0.15) is 5.10 Å². The number of benzene rings is 1. The van der Waals surface area contributed by atoms with Crippen molar-refractivity contribution >= 4 is 5.96 Å². The zero-order valence-electron chi connectivity index (χ0n) is 17.6. The van der Waals surface area contributed by atoms with E-state index in [2.05, 4.69) is 58.6 Å². The zero-order chi connectivity index (χ0) is 20.1. The van der Waals surface area contributed by atoms with Crippen molar-refractivity contribution < 1.29 is 4.74 Å². The number of nitrogens with zero attached hydrogens (tertiary/aromatic N) is 4. The molecule has 1 aromatic heterocycles. The van der Waals surface area contributed by atoms with Crippen molar-refractivity contribution in [3.63, 3.8) is 0 Å². The Hall–Kier alpha value is -2.57. The zero-order valence-corrected chi connectivity index (χ0v) is 17.6. The maximum atomic E-state index is 5.91. The van der Waals surface area contributed by atoms with Crippen LogP contribution in [0, 0.1) is 6.92 Å². The predicted molar refractivity (Wildman–Crippen MR) is 112 cm³/mol. The van der Waals surface area contributed by atoms with Gasteiger partial charge in [-0.05, 0) is 42.9 Å². The van der Waals surface area contributed by atoms with Crippen molar-refractivity contribution in [3.8, 4) is 5.75 Å². The van der Waals surface area contributed by atoms with Crippen molar-refractivity contribution in [1.29, 1.82) is 0 Å². The van der Waals surface area contributed by atoms with Crippen molar-refractivity contribution in [2.45, 2.75) is 58.5 Å². The van der Waals surface area contributed by atoms with Gasteiger partial charge < -0.3 is 15.4 Å². The second kappa shape index (κ2) is 8.63. The fourth-order valence-electron chi connectivity index (χ4n) is 3.36. The summed E-state index contributed by atoms with van der Waals surface area (Å²) in [6, 6.07) is 8.43. The van der Waals surface area contributed by atoms with E-state index in [0.29, 0.717) is 13.2 Å². The highest BCUT2D eigenvalue weighted by Gasteiger charge is 2.24. The number of aryl methyl sites for hydroxylation is 2. The van der Waals surface area contributed by atoms with E-state index in [4.69, 9.17) is 4.74 Å². The van der Waals surface area contributed by atoms with E-state index in [1.165, 1.54) is 5.56 Å². The molecule has 1 aliphatic heterocycles. The summed E-state index contributed by atoms with van der Waals surface area (Å²) in [4.78, 5) is 8.90. The maximum Gasteiger partial charge on any atom is 0.191 e. The van der Waals surface area contributed by atoms with Crippen LogP contribution in [-0.2, 0) is 12.0 Å². The van der Waals surface area contributed by atoms with Crippen LogP contribution in [0.25, 0.3) is 0 Å². The van der Waals surface area contributed by atoms with Crippen LogP contribution < -0.4 is 15.4 Å². The van der Waals surface area contributed by atoms with Gasteiger partial charge in [-0.1, -0.05) is 32.9 Å². The minimum absolute atomic E-state index is 0.114. The molecule has 0 saturated heterocycles. The molecule has 7 heteroatoms. The van der Waals surface area contributed by atoms with E-state index in [0.717, 1.165) is 42.7 Å². The van der Waals surface area contributed by atoms with E-state index in [1.807, 2.05) is 23.7 Å². The van der Waals surface area contributed by atoms with Crippen LogP contribution in [-0.4, -0.2) is 40.9 Å². The Balaban J connectivity index is 1.49. The number of nitrogens with one attached hydrogen (secondary N) is 2. The third-order valence-corrected chi connectivity index (χ3v) is 4.88. The first-order valence-electron chi connectivity index (χ1n) is 9.98. The summed E-state index contributed by atoms with van der Waals surface area (Å²) in [6.07, 6.45) is 2.10. The van der Waals surface area contributed by atoms with E-state index in [1.54, 1.807) is 7.05 Å².